The molecule has 0 bridgehead atoms. The van der Waals surface area contributed by atoms with E-state index in [1.807, 2.05) is 0 Å². The lowest BCUT2D eigenvalue weighted by Gasteiger charge is -2.14. The molecule has 8 nitrogen and oxygen atoms in total. The number of aromatic hydroxyl groups is 1. The Balaban J connectivity index is 2.34. The number of imide groups is 1. The minimum absolute atomic E-state index is 0.213. The van der Waals surface area contributed by atoms with Crippen molar-refractivity contribution in [3.05, 3.63) is 35.3 Å². The largest absolute Gasteiger partial charge is 0.505 e. The normalized spacial score (nSPS) is 14.3. The maximum atomic E-state index is 13.4. The Hall–Kier alpha value is -2.94. The van der Waals surface area contributed by atoms with Crippen LogP contribution in [0.2, 0.25) is 0 Å². The standard InChI is InChI=1S/C13H11FN2O6/c14-7-4-8(6(13(21)22)3-10(7)18)15-9-5-11(19)16(1-2-17)12(9)20/h3-5,15,17-18H,1-2H2,(H,21,22). The van der Waals surface area contributed by atoms with Crippen LogP contribution in [0.5, 0.6) is 5.75 Å². The van der Waals surface area contributed by atoms with Gasteiger partial charge in [0.25, 0.3) is 11.8 Å². The highest BCUT2D eigenvalue weighted by Crippen LogP contribution is 2.27. The first kappa shape index (κ1) is 15.4. The summed E-state index contributed by atoms with van der Waals surface area (Å²) in [5.74, 6) is -4.85. The highest BCUT2D eigenvalue weighted by Gasteiger charge is 2.31. The molecule has 1 heterocycles. The number of phenols is 1. The molecule has 22 heavy (non-hydrogen) atoms. The number of hydrogen-bond acceptors (Lipinski definition) is 6. The first-order valence-corrected chi connectivity index (χ1v) is 6.06. The molecule has 1 aromatic rings. The fourth-order valence-corrected chi connectivity index (χ4v) is 1.90. The molecule has 0 unspecified atom stereocenters. The van der Waals surface area contributed by atoms with E-state index in [0.29, 0.717) is 12.1 Å². The number of carboxylic acids is 1. The van der Waals surface area contributed by atoms with E-state index in [4.69, 9.17) is 10.2 Å². The van der Waals surface area contributed by atoms with Crippen LogP contribution >= 0.6 is 0 Å². The van der Waals surface area contributed by atoms with Gasteiger partial charge in [-0.25, -0.2) is 9.18 Å². The summed E-state index contributed by atoms with van der Waals surface area (Å²) in [6, 6.07) is 1.39. The number of rotatable bonds is 5. The van der Waals surface area contributed by atoms with E-state index in [0.717, 1.165) is 11.0 Å². The maximum absolute atomic E-state index is 13.4. The summed E-state index contributed by atoms with van der Waals surface area (Å²) in [5, 5.41) is 29.4. The quantitative estimate of drug-likeness (QED) is 0.441. The molecule has 0 radical (unpaired) electrons. The second-order valence-corrected chi connectivity index (χ2v) is 4.36. The van der Waals surface area contributed by atoms with Crippen LogP contribution in [0, 0.1) is 5.82 Å². The Morgan fingerprint density at radius 1 is 1.32 bits per heavy atom. The van der Waals surface area contributed by atoms with Crippen LogP contribution in [-0.4, -0.2) is 51.2 Å². The second-order valence-electron chi connectivity index (χ2n) is 4.36. The number of aliphatic hydroxyl groups is 1. The number of halogens is 1. The van der Waals surface area contributed by atoms with E-state index in [-0.39, 0.29) is 17.9 Å². The predicted octanol–water partition coefficient (Wildman–Crippen LogP) is -0.114. The van der Waals surface area contributed by atoms with Gasteiger partial charge in [-0.05, 0) is 6.07 Å². The number of nitrogens with one attached hydrogen (secondary N) is 1. The number of carbonyl (C=O) groups is 3. The van der Waals surface area contributed by atoms with Gasteiger partial charge in [0.2, 0.25) is 0 Å². The number of aliphatic hydroxyl groups excluding tert-OH is 1. The molecule has 4 N–H and O–H groups in total. The lowest BCUT2D eigenvalue weighted by atomic mass is 10.1. The van der Waals surface area contributed by atoms with Gasteiger partial charge < -0.3 is 20.6 Å². The monoisotopic (exact) mass is 310 g/mol. The average molecular weight is 310 g/mol. The predicted molar refractivity (Wildman–Crippen MR) is 70.5 cm³/mol. The molecule has 0 saturated carbocycles. The molecule has 116 valence electrons. The van der Waals surface area contributed by atoms with Crippen LogP contribution in [0.25, 0.3) is 0 Å². The third-order valence-corrected chi connectivity index (χ3v) is 2.92. The Bertz CT molecular complexity index is 700. The van der Waals surface area contributed by atoms with Gasteiger partial charge in [0.05, 0.1) is 24.4 Å². The van der Waals surface area contributed by atoms with Gasteiger partial charge in [0.15, 0.2) is 11.6 Å². The molecule has 0 aromatic heterocycles. The van der Waals surface area contributed by atoms with Crippen molar-refractivity contribution in [2.45, 2.75) is 0 Å². The third kappa shape index (κ3) is 2.74. The number of carboxylic acid groups (broad SMARTS) is 1. The van der Waals surface area contributed by atoms with Crippen LogP contribution in [0.15, 0.2) is 23.9 Å². The molecule has 2 rings (SSSR count). The number of hydrogen-bond donors (Lipinski definition) is 4. The molecule has 0 atom stereocenters. The van der Waals surface area contributed by atoms with Gasteiger partial charge in [-0.3, -0.25) is 14.5 Å². The van der Waals surface area contributed by atoms with Crippen molar-refractivity contribution in [2.75, 3.05) is 18.5 Å². The van der Waals surface area contributed by atoms with Crippen LogP contribution in [0.4, 0.5) is 10.1 Å². The lowest BCUT2D eigenvalue weighted by molar-refractivity contribution is -0.137. The highest BCUT2D eigenvalue weighted by atomic mass is 19.1. The van der Waals surface area contributed by atoms with E-state index < -0.39 is 41.5 Å². The van der Waals surface area contributed by atoms with Crippen molar-refractivity contribution in [2.24, 2.45) is 0 Å². The topological polar surface area (TPSA) is 127 Å². The van der Waals surface area contributed by atoms with Crippen molar-refractivity contribution in [3.63, 3.8) is 0 Å². The Kier molecular flexibility index (Phi) is 4.08. The molecule has 1 aliphatic rings. The average Bonchev–Trinajstić information content (AvgIpc) is 2.70. The molecule has 2 amide bonds. The summed E-state index contributed by atoms with van der Waals surface area (Å²) in [6.07, 6.45) is 0.911. The van der Waals surface area contributed by atoms with E-state index in [9.17, 15) is 23.9 Å². The number of carbonyl (C=O) groups excluding carboxylic acids is 2. The van der Waals surface area contributed by atoms with Crippen molar-refractivity contribution < 1.29 is 34.1 Å². The molecular formula is C13H11FN2O6. The summed E-state index contributed by atoms with van der Waals surface area (Å²) in [5.41, 5.74) is -1.02. The van der Waals surface area contributed by atoms with Crippen LogP contribution in [-0.2, 0) is 9.59 Å². The Morgan fingerprint density at radius 2 is 2.00 bits per heavy atom. The zero-order valence-electron chi connectivity index (χ0n) is 11.0. The summed E-state index contributed by atoms with van der Waals surface area (Å²) < 4.78 is 13.4. The summed E-state index contributed by atoms with van der Waals surface area (Å²) in [6.45, 7) is -0.637. The van der Waals surface area contributed by atoms with Crippen molar-refractivity contribution in [3.8, 4) is 5.75 Å². The molecule has 0 saturated heterocycles. The molecule has 1 aromatic carbocycles. The van der Waals surface area contributed by atoms with E-state index in [1.165, 1.54) is 0 Å². The summed E-state index contributed by atoms with van der Waals surface area (Å²) in [4.78, 5) is 35.3. The molecular weight excluding hydrogens is 299 g/mol. The molecule has 0 aliphatic carbocycles. The number of amides is 2. The first-order chi connectivity index (χ1) is 10.3. The van der Waals surface area contributed by atoms with Gasteiger partial charge in [0, 0.05) is 12.1 Å². The summed E-state index contributed by atoms with van der Waals surface area (Å²) in [7, 11) is 0. The number of phenolic OH excluding ortho intramolecular Hbond substituents is 1. The minimum atomic E-state index is -1.46. The number of anilines is 1. The fourth-order valence-electron chi connectivity index (χ4n) is 1.90. The SMILES string of the molecule is O=C(O)c1cc(O)c(F)cc1NC1=CC(=O)N(CCO)C1=O. The Labute approximate surface area is 123 Å². The zero-order chi connectivity index (χ0) is 16.4. The number of benzene rings is 1. The van der Waals surface area contributed by atoms with Gasteiger partial charge in [-0.1, -0.05) is 0 Å². The van der Waals surface area contributed by atoms with Gasteiger partial charge in [0.1, 0.15) is 5.70 Å². The summed E-state index contributed by atoms with van der Waals surface area (Å²) >= 11 is 0. The van der Waals surface area contributed by atoms with E-state index >= 15 is 0 Å². The lowest BCUT2D eigenvalue weighted by Crippen LogP contribution is -2.34. The fraction of sp³-hybridized carbons (Fsp3) is 0.154. The van der Waals surface area contributed by atoms with E-state index in [1.54, 1.807) is 0 Å². The minimum Gasteiger partial charge on any atom is -0.505 e. The van der Waals surface area contributed by atoms with Crippen LogP contribution in [0.3, 0.4) is 0 Å². The zero-order valence-corrected chi connectivity index (χ0v) is 11.0. The van der Waals surface area contributed by atoms with Crippen molar-refractivity contribution in [1.82, 2.24) is 4.90 Å². The molecule has 9 heteroatoms. The molecule has 1 aliphatic heterocycles. The smallest absolute Gasteiger partial charge is 0.337 e. The third-order valence-electron chi connectivity index (χ3n) is 2.92. The van der Waals surface area contributed by atoms with Crippen LogP contribution < -0.4 is 5.32 Å². The number of β-amino-alcohol motifs (C(OH)–C–C–N with tert-alkyl or cyclic N) is 1. The highest BCUT2D eigenvalue weighted by molar-refractivity contribution is 6.17. The maximum Gasteiger partial charge on any atom is 0.337 e. The van der Waals surface area contributed by atoms with Gasteiger partial charge >= 0.3 is 5.97 Å². The number of nitrogens with zero attached hydrogens (tertiary/aromatic N) is 1. The second kappa shape index (κ2) is 5.82. The van der Waals surface area contributed by atoms with Crippen LogP contribution in [0.1, 0.15) is 10.4 Å². The Morgan fingerprint density at radius 3 is 2.59 bits per heavy atom. The molecule has 0 fully saturated rings. The van der Waals surface area contributed by atoms with Crippen molar-refractivity contribution >= 4 is 23.5 Å². The van der Waals surface area contributed by atoms with Gasteiger partial charge in [-0.15, -0.1) is 0 Å². The molecule has 0 spiro atoms. The van der Waals surface area contributed by atoms with E-state index in [2.05, 4.69) is 5.32 Å². The van der Waals surface area contributed by atoms with Crippen molar-refractivity contribution in [1.29, 1.82) is 0 Å². The van der Waals surface area contributed by atoms with Gasteiger partial charge in [-0.2, -0.15) is 0 Å². The number of aromatic carboxylic acids is 1. The first-order valence-electron chi connectivity index (χ1n) is 6.06.